The van der Waals surface area contributed by atoms with Gasteiger partial charge in [0, 0.05) is 37.6 Å². The highest BCUT2D eigenvalue weighted by Crippen LogP contribution is 2.26. The Hall–Kier alpha value is -1.82. The molecule has 2 fully saturated rings. The van der Waals surface area contributed by atoms with Crippen molar-refractivity contribution in [2.24, 2.45) is 11.8 Å². The summed E-state index contributed by atoms with van der Waals surface area (Å²) in [6.07, 6.45) is 3.23. The van der Waals surface area contributed by atoms with Crippen LogP contribution in [0, 0.1) is 17.7 Å². The number of carbonyl (C=O) groups excluding carboxylic acids is 1. The summed E-state index contributed by atoms with van der Waals surface area (Å²) in [6, 6.07) is 4.62. The predicted molar refractivity (Wildman–Crippen MR) is 102 cm³/mol. The molecule has 1 aromatic rings. The Morgan fingerprint density at radius 1 is 1.15 bits per heavy atom. The van der Waals surface area contributed by atoms with Crippen molar-refractivity contribution in [1.29, 1.82) is 0 Å². The monoisotopic (exact) mass is 363 g/mol. The second-order valence-corrected chi connectivity index (χ2v) is 7.65. The Labute approximate surface area is 155 Å². The van der Waals surface area contributed by atoms with E-state index in [2.05, 4.69) is 24.1 Å². The van der Waals surface area contributed by atoms with Crippen molar-refractivity contribution >= 4 is 17.4 Å². The third kappa shape index (κ3) is 4.87. The fraction of sp³-hybridized carbons (Fsp3) is 0.650. The first-order chi connectivity index (χ1) is 12.5. The van der Waals surface area contributed by atoms with Gasteiger partial charge >= 0.3 is 6.03 Å². The molecule has 26 heavy (non-hydrogen) atoms. The van der Waals surface area contributed by atoms with Gasteiger partial charge in [0.05, 0.1) is 13.2 Å². The Kier molecular flexibility index (Phi) is 6.35. The van der Waals surface area contributed by atoms with E-state index >= 15 is 0 Å². The maximum atomic E-state index is 14.1. The molecule has 5 nitrogen and oxygen atoms in total. The first-order valence-corrected chi connectivity index (χ1v) is 9.72. The number of ether oxygens (including phenoxy) is 1. The number of hydrogen-bond donors (Lipinski definition) is 1. The summed E-state index contributed by atoms with van der Waals surface area (Å²) in [6.45, 7) is 8.78. The topological polar surface area (TPSA) is 44.8 Å². The van der Waals surface area contributed by atoms with E-state index in [-0.39, 0.29) is 11.8 Å². The number of halogens is 1. The Morgan fingerprint density at radius 2 is 1.92 bits per heavy atom. The Balaban J connectivity index is 1.64. The minimum absolute atomic E-state index is 0.132. The van der Waals surface area contributed by atoms with Gasteiger partial charge in [0.2, 0.25) is 0 Å². The molecular formula is C20H30FN3O2. The molecule has 1 aromatic carbocycles. The van der Waals surface area contributed by atoms with Crippen molar-refractivity contribution in [3.63, 3.8) is 0 Å². The summed E-state index contributed by atoms with van der Waals surface area (Å²) in [7, 11) is 0. The molecule has 0 aliphatic carbocycles. The summed E-state index contributed by atoms with van der Waals surface area (Å²) in [4.78, 5) is 16.6. The van der Waals surface area contributed by atoms with E-state index < -0.39 is 0 Å². The smallest absolute Gasteiger partial charge is 0.321 e. The molecule has 2 heterocycles. The third-order valence-corrected chi connectivity index (χ3v) is 5.51. The van der Waals surface area contributed by atoms with Crippen LogP contribution in [0.4, 0.5) is 20.6 Å². The average molecular weight is 363 g/mol. The maximum Gasteiger partial charge on any atom is 0.321 e. The molecular weight excluding hydrogens is 333 g/mol. The zero-order valence-corrected chi connectivity index (χ0v) is 15.8. The highest BCUT2D eigenvalue weighted by molar-refractivity contribution is 5.90. The molecule has 1 unspecified atom stereocenters. The lowest BCUT2D eigenvalue weighted by Crippen LogP contribution is -2.37. The lowest BCUT2D eigenvalue weighted by Gasteiger charge is -2.29. The number of benzene rings is 1. The van der Waals surface area contributed by atoms with Crippen LogP contribution < -0.4 is 10.2 Å². The summed E-state index contributed by atoms with van der Waals surface area (Å²) in [5.41, 5.74) is 1.31. The lowest BCUT2D eigenvalue weighted by atomic mass is 9.89. The number of nitrogens with zero attached hydrogens (tertiary/aromatic N) is 2. The van der Waals surface area contributed by atoms with Gasteiger partial charge in [-0.2, -0.15) is 0 Å². The second-order valence-electron chi connectivity index (χ2n) is 7.65. The molecule has 0 aromatic heterocycles. The van der Waals surface area contributed by atoms with Gasteiger partial charge in [0.25, 0.3) is 0 Å². The average Bonchev–Trinajstić information content (AvgIpc) is 2.88. The van der Waals surface area contributed by atoms with E-state index in [1.165, 1.54) is 18.6 Å². The second kappa shape index (κ2) is 8.71. The Bertz CT molecular complexity index is 617. The van der Waals surface area contributed by atoms with Crippen LogP contribution in [0.2, 0.25) is 0 Å². The molecule has 0 saturated carbocycles. The van der Waals surface area contributed by atoms with Crippen molar-refractivity contribution in [1.82, 2.24) is 4.90 Å². The van der Waals surface area contributed by atoms with Gasteiger partial charge in [0.15, 0.2) is 0 Å². The number of morpholine rings is 1. The summed E-state index contributed by atoms with van der Waals surface area (Å²) in [5.74, 6) is 0.993. The molecule has 6 heteroatoms. The van der Waals surface area contributed by atoms with Crippen molar-refractivity contribution < 1.29 is 13.9 Å². The molecule has 2 saturated heterocycles. The van der Waals surface area contributed by atoms with Gasteiger partial charge < -0.3 is 19.9 Å². The van der Waals surface area contributed by atoms with Gasteiger partial charge in [-0.15, -0.1) is 0 Å². The van der Waals surface area contributed by atoms with Gasteiger partial charge in [-0.25, -0.2) is 9.18 Å². The minimum atomic E-state index is -0.333. The number of amides is 2. The van der Waals surface area contributed by atoms with Crippen LogP contribution in [0.1, 0.15) is 33.1 Å². The van der Waals surface area contributed by atoms with E-state index in [9.17, 15) is 9.18 Å². The summed E-state index contributed by atoms with van der Waals surface area (Å²) < 4.78 is 19.4. The quantitative estimate of drug-likeness (QED) is 0.884. The van der Waals surface area contributed by atoms with Crippen molar-refractivity contribution in [2.45, 2.75) is 33.1 Å². The fourth-order valence-electron chi connectivity index (χ4n) is 3.84. The van der Waals surface area contributed by atoms with E-state index in [0.717, 1.165) is 44.7 Å². The number of hydrogen-bond acceptors (Lipinski definition) is 3. The number of likely N-dealkylation sites (tertiary alicyclic amines) is 1. The number of anilines is 2. The van der Waals surface area contributed by atoms with Gasteiger partial charge in [0.1, 0.15) is 5.82 Å². The van der Waals surface area contributed by atoms with Crippen LogP contribution in [0.5, 0.6) is 0 Å². The fourth-order valence-corrected chi connectivity index (χ4v) is 3.84. The normalized spacial score (nSPS) is 21.6. The zero-order valence-electron chi connectivity index (χ0n) is 15.8. The van der Waals surface area contributed by atoms with Crippen LogP contribution in [0.15, 0.2) is 18.2 Å². The van der Waals surface area contributed by atoms with Crippen LogP contribution in [-0.4, -0.2) is 50.3 Å². The number of rotatable bonds is 3. The standard InChI is InChI=1S/C20H30FN3O2/c1-15(2)16-4-3-6-24(7-5-16)20(25)22-18-12-17(21)13-19(14-18)23-8-10-26-11-9-23/h12-16H,3-11H2,1-2H3,(H,22,25). The molecule has 1 atom stereocenters. The molecule has 3 rings (SSSR count). The maximum absolute atomic E-state index is 14.1. The van der Waals surface area contributed by atoms with Gasteiger partial charge in [-0.05, 0) is 49.3 Å². The van der Waals surface area contributed by atoms with Crippen LogP contribution in [0.3, 0.4) is 0 Å². The first-order valence-electron chi connectivity index (χ1n) is 9.72. The SMILES string of the molecule is CC(C)C1CCCN(C(=O)Nc2cc(F)cc(N3CCOCC3)c2)CC1. The highest BCUT2D eigenvalue weighted by Gasteiger charge is 2.23. The predicted octanol–water partition coefficient (Wildman–Crippen LogP) is 3.95. The van der Waals surface area contributed by atoms with E-state index in [0.29, 0.717) is 30.7 Å². The molecule has 2 amide bonds. The number of nitrogens with one attached hydrogen (secondary N) is 1. The molecule has 1 N–H and O–H groups in total. The summed E-state index contributed by atoms with van der Waals surface area (Å²) in [5, 5.41) is 2.89. The molecule has 144 valence electrons. The third-order valence-electron chi connectivity index (χ3n) is 5.51. The van der Waals surface area contributed by atoms with Gasteiger partial charge in [-0.3, -0.25) is 0 Å². The molecule has 0 bridgehead atoms. The van der Waals surface area contributed by atoms with Crippen molar-refractivity contribution in [2.75, 3.05) is 49.6 Å². The van der Waals surface area contributed by atoms with Gasteiger partial charge in [-0.1, -0.05) is 13.8 Å². The summed E-state index contributed by atoms with van der Waals surface area (Å²) >= 11 is 0. The van der Waals surface area contributed by atoms with Crippen molar-refractivity contribution in [3.05, 3.63) is 24.0 Å². The molecule has 2 aliphatic rings. The van der Waals surface area contributed by atoms with Crippen LogP contribution >= 0.6 is 0 Å². The largest absolute Gasteiger partial charge is 0.378 e. The minimum Gasteiger partial charge on any atom is -0.378 e. The lowest BCUT2D eigenvalue weighted by molar-refractivity contribution is 0.122. The van der Waals surface area contributed by atoms with Crippen molar-refractivity contribution in [3.8, 4) is 0 Å². The number of urea groups is 1. The molecule has 0 radical (unpaired) electrons. The zero-order chi connectivity index (χ0) is 18.5. The van der Waals surface area contributed by atoms with Crippen LogP contribution in [-0.2, 0) is 4.74 Å². The molecule has 0 spiro atoms. The number of carbonyl (C=O) groups is 1. The molecule has 2 aliphatic heterocycles. The Morgan fingerprint density at radius 3 is 2.65 bits per heavy atom. The van der Waals surface area contributed by atoms with Crippen LogP contribution in [0.25, 0.3) is 0 Å². The van der Waals surface area contributed by atoms with E-state index in [1.54, 1.807) is 0 Å². The van der Waals surface area contributed by atoms with E-state index in [4.69, 9.17) is 4.74 Å². The highest BCUT2D eigenvalue weighted by atomic mass is 19.1. The van der Waals surface area contributed by atoms with E-state index in [1.807, 2.05) is 11.0 Å². The first kappa shape index (κ1) is 19.0.